The van der Waals surface area contributed by atoms with Crippen molar-refractivity contribution in [1.82, 2.24) is 4.98 Å². The first-order valence-electron chi connectivity index (χ1n) is 5.46. The van der Waals surface area contributed by atoms with Gasteiger partial charge >= 0.3 is 0 Å². The van der Waals surface area contributed by atoms with E-state index in [1.165, 1.54) is 6.07 Å². The molecule has 0 amide bonds. The third-order valence-electron chi connectivity index (χ3n) is 2.37. The van der Waals surface area contributed by atoms with Crippen molar-refractivity contribution in [2.75, 3.05) is 6.61 Å². The van der Waals surface area contributed by atoms with Crippen LogP contribution in [0.1, 0.15) is 23.7 Å². The van der Waals surface area contributed by atoms with Crippen LogP contribution in [-0.2, 0) is 0 Å². The summed E-state index contributed by atoms with van der Waals surface area (Å²) in [5.74, 6) is -0.894. The minimum Gasteiger partial charge on any atom is -0.545 e. The lowest BCUT2D eigenvalue weighted by molar-refractivity contribution is -0.254. The third kappa shape index (κ3) is 2.36. The van der Waals surface area contributed by atoms with Crippen molar-refractivity contribution in [1.29, 1.82) is 0 Å². The van der Waals surface area contributed by atoms with Crippen molar-refractivity contribution in [3.8, 4) is 5.88 Å². The zero-order chi connectivity index (χ0) is 12.3. The third-order valence-corrected chi connectivity index (χ3v) is 2.37. The van der Waals surface area contributed by atoms with Gasteiger partial charge < -0.3 is 14.6 Å². The van der Waals surface area contributed by atoms with Crippen LogP contribution in [0.15, 0.2) is 30.3 Å². The van der Waals surface area contributed by atoms with Crippen LogP contribution in [0.3, 0.4) is 0 Å². The number of hydrogen-bond acceptors (Lipinski definition) is 4. The number of aromatic carboxylic acids is 1. The fraction of sp³-hybridized carbons (Fsp3) is 0.231. The predicted octanol–water partition coefficient (Wildman–Crippen LogP) is 1.39. The smallest absolute Gasteiger partial charge is 0.214 e. The van der Waals surface area contributed by atoms with E-state index < -0.39 is 5.97 Å². The molecule has 0 saturated carbocycles. The van der Waals surface area contributed by atoms with Gasteiger partial charge in [0.2, 0.25) is 5.88 Å². The normalized spacial score (nSPS) is 10.4. The molecule has 0 atom stereocenters. The van der Waals surface area contributed by atoms with Gasteiger partial charge in [-0.3, -0.25) is 0 Å². The van der Waals surface area contributed by atoms with Gasteiger partial charge in [-0.25, -0.2) is 4.98 Å². The van der Waals surface area contributed by atoms with Crippen LogP contribution in [0.25, 0.3) is 10.9 Å². The highest BCUT2D eigenvalue weighted by Gasteiger charge is 2.06. The van der Waals surface area contributed by atoms with Crippen molar-refractivity contribution < 1.29 is 14.6 Å². The molecule has 1 aromatic heterocycles. The van der Waals surface area contributed by atoms with Crippen LogP contribution in [0, 0.1) is 0 Å². The zero-order valence-corrected chi connectivity index (χ0v) is 9.47. The molecule has 2 rings (SSSR count). The van der Waals surface area contributed by atoms with E-state index >= 15 is 0 Å². The monoisotopic (exact) mass is 230 g/mol. The zero-order valence-electron chi connectivity index (χ0n) is 9.47. The van der Waals surface area contributed by atoms with E-state index in [2.05, 4.69) is 4.98 Å². The summed E-state index contributed by atoms with van der Waals surface area (Å²) in [6.07, 6.45) is 0.842. The number of pyridine rings is 1. The van der Waals surface area contributed by atoms with Gasteiger partial charge in [0.1, 0.15) is 0 Å². The summed E-state index contributed by atoms with van der Waals surface area (Å²) < 4.78 is 5.35. The Bertz CT molecular complexity index is 551. The Morgan fingerprint density at radius 1 is 1.41 bits per heavy atom. The number of carboxylic acid groups (broad SMARTS) is 1. The molecule has 1 heterocycles. The van der Waals surface area contributed by atoms with Gasteiger partial charge in [0, 0.05) is 17.0 Å². The molecular formula is C13H12NO3-. The van der Waals surface area contributed by atoms with Crippen LogP contribution in [0.2, 0.25) is 0 Å². The molecule has 0 radical (unpaired) electrons. The minimum atomic E-state index is -1.22. The highest BCUT2D eigenvalue weighted by atomic mass is 16.5. The van der Waals surface area contributed by atoms with E-state index in [9.17, 15) is 9.90 Å². The standard InChI is InChI=1S/C13H13NO3/c1-2-7-17-12-8-10(13(15)16)9-5-3-4-6-11(9)14-12/h3-6,8H,2,7H2,1H3,(H,15,16)/p-1. The van der Waals surface area contributed by atoms with E-state index in [1.54, 1.807) is 24.3 Å². The molecule has 0 spiro atoms. The summed E-state index contributed by atoms with van der Waals surface area (Å²) in [7, 11) is 0. The van der Waals surface area contributed by atoms with Gasteiger partial charge in [0.25, 0.3) is 0 Å². The Morgan fingerprint density at radius 3 is 2.88 bits per heavy atom. The number of benzene rings is 1. The number of ether oxygens (including phenoxy) is 1. The number of carbonyl (C=O) groups is 1. The molecule has 0 N–H and O–H groups in total. The number of nitrogens with zero attached hydrogens (tertiary/aromatic N) is 1. The van der Waals surface area contributed by atoms with Gasteiger partial charge in [-0.1, -0.05) is 25.1 Å². The Labute approximate surface area is 98.9 Å². The molecule has 0 saturated heterocycles. The lowest BCUT2D eigenvalue weighted by Crippen LogP contribution is -2.22. The van der Waals surface area contributed by atoms with Gasteiger partial charge in [-0.05, 0) is 12.5 Å². The number of carboxylic acids is 1. The highest BCUT2D eigenvalue weighted by molar-refractivity contribution is 6.01. The summed E-state index contributed by atoms with van der Waals surface area (Å²) in [6, 6.07) is 8.44. The maximum atomic E-state index is 11.0. The van der Waals surface area contributed by atoms with E-state index in [0.29, 0.717) is 23.4 Å². The van der Waals surface area contributed by atoms with Crippen molar-refractivity contribution >= 4 is 16.9 Å². The molecule has 2 aromatic rings. The van der Waals surface area contributed by atoms with Gasteiger partial charge in [0.05, 0.1) is 18.1 Å². The summed E-state index contributed by atoms with van der Waals surface area (Å²) in [6.45, 7) is 2.48. The number of rotatable bonds is 4. The molecular weight excluding hydrogens is 218 g/mol. The molecule has 88 valence electrons. The quantitative estimate of drug-likeness (QED) is 0.796. The second-order valence-corrected chi connectivity index (χ2v) is 3.66. The van der Waals surface area contributed by atoms with Crippen molar-refractivity contribution in [3.63, 3.8) is 0 Å². The second-order valence-electron chi connectivity index (χ2n) is 3.66. The average Bonchev–Trinajstić information content (AvgIpc) is 2.35. The number of hydrogen-bond donors (Lipinski definition) is 0. The lowest BCUT2D eigenvalue weighted by Gasteiger charge is -2.10. The van der Waals surface area contributed by atoms with Crippen molar-refractivity contribution in [2.45, 2.75) is 13.3 Å². The van der Waals surface area contributed by atoms with Crippen molar-refractivity contribution in [2.24, 2.45) is 0 Å². The minimum absolute atomic E-state index is 0.113. The van der Waals surface area contributed by atoms with Gasteiger partial charge in [-0.2, -0.15) is 0 Å². The summed E-state index contributed by atoms with van der Waals surface area (Å²) in [4.78, 5) is 15.3. The molecule has 4 heteroatoms. The van der Waals surface area contributed by atoms with Gasteiger partial charge in [-0.15, -0.1) is 0 Å². The summed E-state index contributed by atoms with van der Waals surface area (Å²) >= 11 is 0. The van der Waals surface area contributed by atoms with Gasteiger partial charge in [0.15, 0.2) is 0 Å². The highest BCUT2D eigenvalue weighted by Crippen LogP contribution is 2.21. The number of fused-ring (bicyclic) bond motifs is 1. The molecule has 0 bridgehead atoms. The predicted molar refractivity (Wildman–Crippen MR) is 61.9 cm³/mol. The first-order valence-corrected chi connectivity index (χ1v) is 5.46. The average molecular weight is 230 g/mol. The first-order chi connectivity index (χ1) is 8.22. The fourth-order valence-corrected chi connectivity index (χ4v) is 1.60. The largest absolute Gasteiger partial charge is 0.545 e. The van der Waals surface area contributed by atoms with E-state index in [0.717, 1.165) is 6.42 Å². The van der Waals surface area contributed by atoms with Crippen LogP contribution >= 0.6 is 0 Å². The fourth-order valence-electron chi connectivity index (χ4n) is 1.60. The molecule has 17 heavy (non-hydrogen) atoms. The van der Waals surface area contributed by atoms with Crippen LogP contribution in [0.5, 0.6) is 5.88 Å². The summed E-state index contributed by atoms with van der Waals surface area (Å²) in [5, 5.41) is 11.6. The molecule has 1 aromatic carbocycles. The lowest BCUT2D eigenvalue weighted by atomic mass is 10.1. The maximum Gasteiger partial charge on any atom is 0.214 e. The SMILES string of the molecule is CCCOc1cc(C(=O)[O-])c2ccccc2n1. The molecule has 0 fully saturated rings. The first kappa shape index (κ1) is 11.4. The Balaban J connectivity index is 2.55. The molecule has 0 aliphatic rings. The Morgan fingerprint density at radius 2 is 2.18 bits per heavy atom. The molecule has 0 aliphatic heterocycles. The van der Waals surface area contributed by atoms with Crippen LogP contribution in [0.4, 0.5) is 0 Å². The van der Waals surface area contributed by atoms with E-state index in [-0.39, 0.29) is 5.56 Å². The molecule has 0 unspecified atom stereocenters. The van der Waals surface area contributed by atoms with Crippen LogP contribution in [-0.4, -0.2) is 17.6 Å². The number of carbonyl (C=O) groups excluding carboxylic acids is 1. The topological polar surface area (TPSA) is 62.2 Å². The molecule has 4 nitrogen and oxygen atoms in total. The Kier molecular flexibility index (Phi) is 3.23. The van der Waals surface area contributed by atoms with Crippen molar-refractivity contribution in [3.05, 3.63) is 35.9 Å². The van der Waals surface area contributed by atoms with Crippen LogP contribution < -0.4 is 9.84 Å². The summed E-state index contributed by atoms with van der Waals surface area (Å²) in [5.41, 5.74) is 0.710. The Hall–Kier alpha value is -2.10. The molecule has 0 aliphatic carbocycles. The van der Waals surface area contributed by atoms with E-state index in [4.69, 9.17) is 4.74 Å². The van der Waals surface area contributed by atoms with E-state index in [1.807, 2.05) is 6.92 Å². The maximum absolute atomic E-state index is 11.0. The number of aromatic nitrogens is 1. The number of para-hydroxylation sites is 1. The second kappa shape index (κ2) is 4.82.